The van der Waals surface area contributed by atoms with E-state index in [1.165, 1.54) is 5.56 Å². The Morgan fingerprint density at radius 2 is 1.88 bits per heavy atom. The molecule has 0 fully saturated rings. The molecule has 0 atom stereocenters. The summed E-state index contributed by atoms with van der Waals surface area (Å²) in [6.07, 6.45) is 2.57. The molecule has 0 aliphatic carbocycles. The fraction of sp³-hybridized carbons (Fsp3) is 0.286. The van der Waals surface area contributed by atoms with Gasteiger partial charge in [0.15, 0.2) is 5.75 Å². The molecule has 3 rings (SSSR count). The number of carbonyl (C=O) groups excluding carboxylic acids is 1. The van der Waals surface area contributed by atoms with Crippen molar-refractivity contribution < 1.29 is 18.7 Å². The van der Waals surface area contributed by atoms with Crippen LogP contribution in [0.3, 0.4) is 0 Å². The summed E-state index contributed by atoms with van der Waals surface area (Å²) >= 11 is 3.45. The summed E-state index contributed by atoms with van der Waals surface area (Å²) in [6.45, 7) is 1.95. The van der Waals surface area contributed by atoms with Gasteiger partial charge in [-0.05, 0) is 48.7 Å². The summed E-state index contributed by atoms with van der Waals surface area (Å²) in [5.74, 6) is 1.83. The zero-order valence-corrected chi connectivity index (χ0v) is 16.5. The topological polar surface area (TPSA) is 48.7 Å². The number of rotatable bonds is 7. The molecule has 0 amide bonds. The highest BCUT2D eigenvalue weighted by Gasteiger charge is 2.18. The van der Waals surface area contributed by atoms with Gasteiger partial charge < -0.3 is 13.9 Å². The van der Waals surface area contributed by atoms with Crippen LogP contribution in [-0.4, -0.2) is 13.1 Å². The quantitative estimate of drug-likeness (QED) is 0.463. The monoisotopic (exact) mass is 416 g/mol. The Labute approximate surface area is 161 Å². The number of ether oxygens (including phenoxy) is 2. The summed E-state index contributed by atoms with van der Waals surface area (Å²) in [5, 5.41) is 0.822. The highest BCUT2D eigenvalue weighted by atomic mass is 79.9. The van der Waals surface area contributed by atoms with Crippen molar-refractivity contribution >= 4 is 32.9 Å². The third-order valence-electron chi connectivity index (χ3n) is 4.14. The van der Waals surface area contributed by atoms with Gasteiger partial charge in [0.05, 0.1) is 12.5 Å². The number of aryl methyl sites for hydroxylation is 2. The molecule has 5 heteroatoms. The molecular formula is C21H21BrO4. The molecule has 0 bridgehead atoms. The van der Waals surface area contributed by atoms with Crippen molar-refractivity contribution in [3.63, 3.8) is 0 Å². The average molecular weight is 417 g/mol. The van der Waals surface area contributed by atoms with E-state index >= 15 is 0 Å². The first-order valence-electron chi connectivity index (χ1n) is 8.65. The van der Waals surface area contributed by atoms with Gasteiger partial charge in [-0.25, -0.2) is 0 Å². The molecule has 4 nitrogen and oxygen atoms in total. The maximum atomic E-state index is 12.0. The van der Waals surface area contributed by atoms with E-state index in [9.17, 15) is 4.79 Å². The SMILES string of the molecule is CCCC(=O)Oc1c(CCc2ccc(OC)cc2)oc2cc(Br)ccc12. The number of halogens is 1. The van der Waals surface area contributed by atoms with Crippen LogP contribution in [0.15, 0.2) is 51.4 Å². The smallest absolute Gasteiger partial charge is 0.311 e. The fourth-order valence-corrected chi connectivity index (χ4v) is 3.13. The maximum absolute atomic E-state index is 12.0. The van der Waals surface area contributed by atoms with E-state index in [-0.39, 0.29) is 5.97 Å². The molecule has 26 heavy (non-hydrogen) atoms. The van der Waals surface area contributed by atoms with Crippen LogP contribution in [0.1, 0.15) is 31.1 Å². The van der Waals surface area contributed by atoms with E-state index in [1.54, 1.807) is 7.11 Å². The Morgan fingerprint density at radius 3 is 2.58 bits per heavy atom. The summed E-state index contributed by atoms with van der Waals surface area (Å²) in [7, 11) is 1.65. The second-order valence-electron chi connectivity index (χ2n) is 6.07. The maximum Gasteiger partial charge on any atom is 0.311 e. The molecule has 0 radical (unpaired) electrons. The Hall–Kier alpha value is -2.27. The van der Waals surface area contributed by atoms with Gasteiger partial charge in [-0.1, -0.05) is 35.0 Å². The molecule has 0 aliphatic rings. The highest BCUT2D eigenvalue weighted by molar-refractivity contribution is 9.10. The zero-order valence-electron chi connectivity index (χ0n) is 14.9. The number of furan rings is 1. The lowest BCUT2D eigenvalue weighted by molar-refractivity contribution is -0.134. The van der Waals surface area contributed by atoms with Crippen LogP contribution in [0.2, 0.25) is 0 Å². The van der Waals surface area contributed by atoms with Crippen LogP contribution < -0.4 is 9.47 Å². The molecule has 0 aliphatic heterocycles. The molecule has 3 aromatic rings. The van der Waals surface area contributed by atoms with Crippen LogP contribution in [0.25, 0.3) is 11.0 Å². The summed E-state index contributed by atoms with van der Waals surface area (Å²) < 4.78 is 17.7. The molecule has 0 N–H and O–H groups in total. The van der Waals surface area contributed by atoms with E-state index < -0.39 is 0 Å². The standard InChI is InChI=1S/C21H21BrO4/c1-3-4-20(23)26-21-17-11-8-15(22)13-19(17)25-18(21)12-7-14-5-9-16(24-2)10-6-14/h5-6,8-11,13H,3-4,7,12H2,1-2H3. The summed E-state index contributed by atoms with van der Waals surface area (Å²) in [4.78, 5) is 12.0. The number of fused-ring (bicyclic) bond motifs is 1. The van der Waals surface area contributed by atoms with E-state index in [0.29, 0.717) is 29.9 Å². The fourth-order valence-electron chi connectivity index (χ4n) is 2.79. The van der Waals surface area contributed by atoms with Crippen LogP contribution >= 0.6 is 15.9 Å². The predicted molar refractivity (Wildman–Crippen MR) is 105 cm³/mol. The van der Waals surface area contributed by atoms with Crippen LogP contribution in [-0.2, 0) is 17.6 Å². The molecule has 1 aromatic heterocycles. The van der Waals surface area contributed by atoms with Gasteiger partial charge in [0.1, 0.15) is 17.1 Å². The minimum Gasteiger partial charge on any atom is -0.497 e. The van der Waals surface area contributed by atoms with E-state index in [4.69, 9.17) is 13.9 Å². The normalized spacial score (nSPS) is 10.9. The minimum absolute atomic E-state index is 0.233. The van der Waals surface area contributed by atoms with Gasteiger partial charge in [-0.3, -0.25) is 4.79 Å². The van der Waals surface area contributed by atoms with Gasteiger partial charge in [-0.2, -0.15) is 0 Å². The Kier molecular flexibility index (Phi) is 5.99. The Bertz CT molecular complexity index is 896. The Morgan fingerprint density at radius 1 is 1.12 bits per heavy atom. The lowest BCUT2D eigenvalue weighted by Gasteiger charge is -2.06. The van der Waals surface area contributed by atoms with Crippen LogP contribution in [0.4, 0.5) is 0 Å². The average Bonchev–Trinajstić information content (AvgIpc) is 2.97. The molecule has 136 valence electrons. The van der Waals surface area contributed by atoms with Crippen molar-refractivity contribution in [3.05, 3.63) is 58.3 Å². The van der Waals surface area contributed by atoms with Gasteiger partial charge in [0.25, 0.3) is 0 Å². The summed E-state index contributed by atoms with van der Waals surface area (Å²) in [5.41, 5.74) is 1.88. The molecule has 2 aromatic carbocycles. The van der Waals surface area contributed by atoms with Gasteiger partial charge >= 0.3 is 5.97 Å². The second kappa shape index (κ2) is 8.41. The van der Waals surface area contributed by atoms with E-state index in [0.717, 1.165) is 28.5 Å². The predicted octanol–water partition coefficient (Wildman–Crippen LogP) is 5.69. The lowest BCUT2D eigenvalue weighted by Crippen LogP contribution is -2.08. The van der Waals surface area contributed by atoms with Crippen molar-refractivity contribution in [1.82, 2.24) is 0 Å². The summed E-state index contributed by atoms with van der Waals surface area (Å²) in [6, 6.07) is 13.7. The van der Waals surface area contributed by atoms with Gasteiger partial charge in [0.2, 0.25) is 0 Å². The first kappa shape index (κ1) is 18.5. The van der Waals surface area contributed by atoms with Crippen molar-refractivity contribution in [3.8, 4) is 11.5 Å². The number of methoxy groups -OCH3 is 1. The molecule has 0 spiro atoms. The third kappa shape index (κ3) is 4.28. The lowest BCUT2D eigenvalue weighted by atomic mass is 10.1. The molecule has 0 unspecified atom stereocenters. The number of hydrogen-bond donors (Lipinski definition) is 0. The number of benzene rings is 2. The van der Waals surface area contributed by atoms with Crippen LogP contribution in [0.5, 0.6) is 11.5 Å². The zero-order chi connectivity index (χ0) is 18.5. The van der Waals surface area contributed by atoms with Gasteiger partial charge in [0, 0.05) is 17.3 Å². The van der Waals surface area contributed by atoms with Crippen molar-refractivity contribution in [1.29, 1.82) is 0 Å². The first-order chi connectivity index (χ1) is 12.6. The first-order valence-corrected chi connectivity index (χ1v) is 9.44. The molecule has 1 heterocycles. The van der Waals surface area contributed by atoms with Crippen molar-refractivity contribution in [2.75, 3.05) is 7.11 Å². The number of carbonyl (C=O) groups is 1. The molecule has 0 saturated heterocycles. The Balaban J connectivity index is 1.86. The largest absolute Gasteiger partial charge is 0.497 e. The van der Waals surface area contributed by atoms with Crippen LogP contribution in [0, 0.1) is 0 Å². The van der Waals surface area contributed by atoms with Gasteiger partial charge in [-0.15, -0.1) is 0 Å². The van der Waals surface area contributed by atoms with Crippen molar-refractivity contribution in [2.45, 2.75) is 32.6 Å². The van der Waals surface area contributed by atoms with E-state index in [1.807, 2.05) is 49.4 Å². The second-order valence-corrected chi connectivity index (χ2v) is 6.98. The molecule has 0 saturated carbocycles. The highest BCUT2D eigenvalue weighted by Crippen LogP contribution is 2.36. The number of hydrogen-bond acceptors (Lipinski definition) is 4. The molecular weight excluding hydrogens is 396 g/mol. The van der Waals surface area contributed by atoms with Crippen molar-refractivity contribution in [2.24, 2.45) is 0 Å². The third-order valence-corrected chi connectivity index (χ3v) is 4.64. The number of esters is 1. The van der Waals surface area contributed by atoms with E-state index in [2.05, 4.69) is 15.9 Å². The minimum atomic E-state index is -0.233.